The fourth-order valence-electron chi connectivity index (χ4n) is 6.52. The van der Waals surface area contributed by atoms with Gasteiger partial charge in [0.1, 0.15) is 5.75 Å². The standard InChI is InChI=1S/C31H40ClN3O3/c1-38-25-12-10-23(11-13-25)22-35-21-17-31(30(35)37)15-19-34(20-16-31)18-14-28(26-8-4-5-9-27(26)32)33-29(36)24-6-2-3-7-24/h4-5,8-13,24,28H,2-3,6-7,14-22H2,1H3,(H,33,36). The predicted octanol–water partition coefficient (Wildman–Crippen LogP) is 5.60. The molecule has 2 aliphatic heterocycles. The van der Waals surface area contributed by atoms with Crippen molar-refractivity contribution in [2.45, 2.75) is 64.0 Å². The molecule has 6 nitrogen and oxygen atoms in total. The summed E-state index contributed by atoms with van der Waals surface area (Å²) in [5.74, 6) is 1.44. The minimum Gasteiger partial charge on any atom is -0.497 e. The third kappa shape index (κ3) is 6.02. The van der Waals surface area contributed by atoms with Crippen LogP contribution in [0.2, 0.25) is 5.02 Å². The summed E-state index contributed by atoms with van der Waals surface area (Å²) in [6.07, 6.45) is 7.80. The van der Waals surface area contributed by atoms with Gasteiger partial charge in [0.2, 0.25) is 11.8 Å². The fraction of sp³-hybridized carbons (Fsp3) is 0.548. The molecule has 204 valence electrons. The molecule has 5 rings (SSSR count). The van der Waals surface area contributed by atoms with Crippen molar-refractivity contribution in [3.63, 3.8) is 0 Å². The minimum atomic E-state index is -0.220. The number of hydrogen-bond donors (Lipinski definition) is 1. The highest BCUT2D eigenvalue weighted by Crippen LogP contribution is 2.42. The zero-order chi connectivity index (χ0) is 26.5. The van der Waals surface area contributed by atoms with E-state index in [-0.39, 0.29) is 23.3 Å². The van der Waals surface area contributed by atoms with Gasteiger partial charge in [-0.05, 0) is 80.9 Å². The summed E-state index contributed by atoms with van der Waals surface area (Å²) in [7, 11) is 1.67. The van der Waals surface area contributed by atoms with E-state index in [1.807, 2.05) is 53.4 Å². The lowest BCUT2D eigenvalue weighted by atomic mass is 9.77. The van der Waals surface area contributed by atoms with Gasteiger partial charge >= 0.3 is 0 Å². The van der Waals surface area contributed by atoms with Crippen LogP contribution in [-0.2, 0) is 16.1 Å². The number of carbonyl (C=O) groups is 2. The Morgan fingerprint density at radius 2 is 1.74 bits per heavy atom. The monoisotopic (exact) mass is 537 g/mol. The highest BCUT2D eigenvalue weighted by molar-refractivity contribution is 6.31. The molecule has 38 heavy (non-hydrogen) atoms. The number of ether oxygens (including phenoxy) is 1. The van der Waals surface area contributed by atoms with Crippen LogP contribution in [0.3, 0.4) is 0 Å². The van der Waals surface area contributed by atoms with Gasteiger partial charge in [-0.3, -0.25) is 9.59 Å². The number of halogens is 1. The van der Waals surface area contributed by atoms with Crippen molar-refractivity contribution in [3.05, 3.63) is 64.7 Å². The molecule has 1 spiro atoms. The number of methoxy groups -OCH3 is 1. The lowest BCUT2D eigenvalue weighted by Gasteiger charge is -2.38. The van der Waals surface area contributed by atoms with E-state index in [1.165, 1.54) is 0 Å². The summed E-state index contributed by atoms with van der Waals surface area (Å²) in [5, 5.41) is 4.03. The molecule has 0 aromatic heterocycles. The number of nitrogens with one attached hydrogen (secondary N) is 1. The number of rotatable bonds is 9. The third-order valence-electron chi connectivity index (χ3n) is 9.00. The van der Waals surface area contributed by atoms with E-state index in [1.54, 1.807) is 7.11 Å². The zero-order valence-electron chi connectivity index (χ0n) is 22.5. The first-order valence-electron chi connectivity index (χ1n) is 14.2. The van der Waals surface area contributed by atoms with Gasteiger partial charge in [-0.25, -0.2) is 0 Å². The van der Waals surface area contributed by atoms with Gasteiger partial charge in [0.15, 0.2) is 0 Å². The summed E-state index contributed by atoms with van der Waals surface area (Å²) in [4.78, 5) is 30.9. The SMILES string of the molecule is COc1ccc(CN2CCC3(CCN(CCC(NC(=O)C4CCCC4)c4ccccc4Cl)CC3)C2=O)cc1. The minimum absolute atomic E-state index is 0.0965. The lowest BCUT2D eigenvalue weighted by molar-refractivity contribution is -0.139. The Labute approximate surface area is 231 Å². The van der Waals surface area contributed by atoms with E-state index < -0.39 is 0 Å². The van der Waals surface area contributed by atoms with E-state index in [0.717, 1.165) is 94.4 Å². The summed E-state index contributed by atoms with van der Waals surface area (Å²) in [6.45, 7) is 4.18. The number of benzene rings is 2. The molecule has 1 unspecified atom stereocenters. The highest BCUT2D eigenvalue weighted by atomic mass is 35.5. The number of nitrogens with zero attached hydrogens (tertiary/aromatic N) is 2. The molecule has 1 N–H and O–H groups in total. The van der Waals surface area contributed by atoms with Gasteiger partial charge in [-0.15, -0.1) is 0 Å². The first kappa shape index (κ1) is 27.0. The topological polar surface area (TPSA) is 61.9 Å². The normalized spacial score (nSPS) is 20.7. The van der Waals surface area contributed by atoms with Gasteiger partial charge in [0, 0.05) is 30.6 Å². The summed E-state index contributed by atoms with van der Waals surface area (Å²) in [5.41, 5.74) is 1.91. The van der Waals surface area contributed by atoms with Crippen LogP contribution < -0.4 is 10.1 Å². The van der Waals surface area contributed by atoms with Gasteiger partial charge < -0.3 is 19.9 Å². The Kier molecular flexibility index (Phi) is 8.59. The average Bonchev–Trinajstić information content (AvgIpc) is 3.58. The summed E-state index contributed by atoms with van der Waals surface area (Å²) >= 11 is 6.56. The maximum Gasteiger partial charge on any atom is 0.229 e. The zero-order valence-corrected chi connectivity index (χ0v) is 23.2. The van der Waals surface area contributed by atoms with Crippen LogP contribution in [0.4, 0.5) is 0 Å². The Morgan fingerprint density at radius 3 is 2.42 bits per heavy atom. The van der Waals surface area contributed by atoms with E-state index in [0.29, 0.717) is 17.5 Å². The van der Waals surface area contributed by atoms with Crippen molar-refractivity contribution in [1.29, 1.82) is 0 Å². The van der Waals surface area contributed by atoms with Gasteiger partial charge in [-0.1, -0.05) is 54.8 Å². The molecule has 2 heterocycles. The molecular formula is C31H40ClN3O3. The van der Waals surface area contributed by atoms with Crippen LogP contribution in [0.15, 0.2) is 48.5 Å². The molecule has 3 fully saturated rings. The molecule has 2 amide bonds. The van der Waals surface area contributed by atoms with E-state index in [4.69, 9.17) is 16.3 Å². The maximum absolute atomic E-state index is 13.5. The third-order valence-corrected chi connectivity index (χ3v) is 9.35. The molecule has 1 aliphatic carbocycles. The van der Waals surface area contributed by atoms with Crippen LogP contribution in [0, 0.1) is 11.3 Å². The van der Waals surface area contributed by atoms with Crippen LogP contribution in [-0.4, -0.2) is 54.9 Å². The molecule has 1 saturated carbocycles. The van der Waals surface area contributed by atoms with Crippen molar-refractivity contribution in [3.8, 4) is 5.75 Å². The van der Waals surface area contributed by atoms with Crippen molar-refractivity contribution in [2.75, 3.05) is 33.3 Å². The molecule has 2 aromatic carbocycles. The van der Waals surface area contributed by atoms with Crippen molar-refractivity contribution in [1.82, 2.24) is 15.1 Å². The molecule has 3 aliphatic rings. The van der Waals surface area contributed by atoms with Crippen LogP contribution in [0.25, 0.3) is 0 Å². The molecular weight excluding hydrogens is 498 g/mol. The van der Waals surface area contributed by atoms with Crippen molar-refractivity contribution >= 4 is 23.4 Å². The first-order valence-corrected chi connectivity index (χ1v) is 14.5. The number of amides is 2. The van der Waals surface area contributed by atoms with Crippen LogP contribution in [0.5, 0.6) is 5.75 Å². The van der Waals surface area contributed by atoms with E-state index in [2.05, 4.69) is 10.2 Å². The number of carbonyl (C=O) groups excluding carboxylic acids is 2. The molecule has 2 saturated heterocycles. The van der Waals surface area contributed by atoms with Gasteiger partial charge in [0.25, 0.3) is 0 Å². The Hall–Kier alpha value is -2.57. The summed E-state index contributed by atoms with van der Waals surface area (Å²) in [6, 6.07) is 15.8. The second-order valence-electron chi connectivity index (χ2n) is 11.3. The second kappa shape index (κ2) is 12.1. The highest BCUT2D eigenvalue weighted by Gasteiger charge is 2.47. The number of piperidine rings is 1. The van der Waals surface area contributed by atoms with Gasteiger partial charge in [-0.2, -0.15) is 0 Å². The summed E-state index contributed by atoms with van der Waals surface area (Å²) < 4.78 is 5.26. The maximum atomic E-state index is 13.5. The first-order chi connectivity index (χ1) is 18.5. The quantitative estimate of drug-likeness (QED) is 0.452. The number of likely N-dealkylation sites (tertiary alicyclic amines) is 2. The van der Waals surface area contributed by atoms with Crippen LogP contribution in [0.1, 0.15) is 68.5 Å². The predicted molar refractivity (Wildman–Crippen MR) is 150 cm³/mol. The second-order valence-corrected chi connectivity index (χ2v) is 11.7. The molecule has 7 heteroatoms. The molecule has 2 aromatic rings. The van der Waals surface area contributed by atoms with Crippen molar-refractivity contribution in [2.24, 2.45) is 11.3 Å². The Balaban J connectivity index is 1.16. The van der Waals surface area contributed by atoms with Crippen LogP contribution >= 0.6 is 11.6 Å². The molecule has 1 atom stereocenters. The number of hydrogen-bond acceptors (Lipinski definition) is 4. The molecule has 0 bridgehead atoms. The van der Waals surface area contributed by atoms with Gasteiger partial charge in [0.05, 0.1) is 18.6 Å². The van der Waals surface area contributed by atoms with Crippen molar-refractivity contribution < 1.29 is 14.3 Å². The molecule has 0 radical (unpaired) electrons. The average molecular weight is 538 g/mol. The Bertz CT molecular complexity index is 1110. The van der Waals surface area contributed by atoms with E-state index >= 15 is 0 Å². The Morgan fingerprint density at radius 1 is 1.05 bits per heavy atom. The van der Waals surface area contributed by atoms with E-state index in [9.17, 15) is 9.59 Å². The smallest absolute Gasteiger partial charge is 0.229 e. The lowest BCUT2D eigenvalue weighted by Crippen LogP contribution is -2.45. The largest absolute Gasteiger partial charge is 0.497 e. The fourth-order valence-corrected chi connectivity index (χ4v) is 6.78.